The number of carbonyl (C=O) groups is 1. The van der Waals surface area contributed by atoms with Crippen LogP contribution in [0.25, 0.3) is 0 Å². The zero-order chi connectivity index (χ0) is 20.3. The second kappa shape index (κ2) is 7.62. The summed E-state index contributed by atoms with van der Waals surface area (Å²) in [7, 11) is 0. The average Bonchev–Trinajstić information content (AvgIpc) is 2.63. The molecule has 0 spiro atoms. The summed E-state index contributed by atoms with van der Waals surface area (Å²) in [6.45, 7) is 6.62. The van der Waals surface area contributed by atoms with Crippen LogP contribution in [0.15, 0.2) is 48.5 Å². The van der Waals surface area contributed by atoms with E-state index in [0.717, 1.165) is 11.4 Å². The lowest BCUT2D eigenvalue weighted by molar-refractivity contribution is 0.00891. The van der Waals surface area contributed by atoms with Gasteiger partial charge in [0.1, 0.15) is 5.60 Å². The third kappa shape index (κ3) is 4.24. The van der Waals surface area contributed by atoms with Gasteiger partial charge in [0.25, 0.3) is 0 Å². The Labute approximate surface area is 165 Å². The summed E-state index contributed by atoms with van der Waals surface area (Å²) < 4.78 is 5.44. The van der Waals surface area contributed by atoms with E-state index in [4.69, 9.17) is 15.3 Å². The van der Waals surface area contributed by atoms with Gasteiger partial charge in [-0.05, 0) is 69.3 Å². The summed E-state index contributed by atoms with van der Waals surface area (Å²) in [5.74, 6) is 0. The molecule has 1 heterocycles. The molecule has 0 N–H and O–H groups in total. The molecule has 142 valence electrons. The lowest BCUT2D eigenvalue weighted by atomic mass is 10.0. The maximum Gasteiger partial charge on any atom is 0.410 e. The minimum absolute atomic E-state index is 0.0772. The van der Waals surface area contributed by atoms with Gasteiger partial charge in [0.2, 0.25) is 0 Å². The van der Waals surface area contributed by atoms with Crippen LogP contribution in [-0.2, 0) is 4.74 Å². The van der Waals surface area contributed by atoms with Gasteiger partial charge in [0, 0.05) is 24.5 Å². The minimum atomic E-state index is -0.526. The van der Waals surface area contributed by atoms with Gasteiger partial charge in [0.05, 0.1) is 29.3 Å². The molecule has 6 nitrogen and oxygen atoms in total. The number of amides is 1. The van der Waals surface area contributed by atoms with Crippen LogP contribution in [0.2, 0.25) is 0 Å². The Morgan fingerprint density at radius 1 is 0.964 bits per heavy atom. The smallest absolute Gasteiger partial charge is 0.410 e. The van der Waals surface area contributed by atoms with Gasteiger partial charge in [-0.3, -0.25) is 0 Å². The van der Waals surface area contributed by atoms with Crippen LogP contribution in [0.1, 0.15) is 31.9 Å². The van der Waals surface area contributed by atoms with E-state index in [0.29, 0.717) is 24.2 Å². The Bertz CT molecular complexity index is 867. The predicted molar refractivity (Wildman–Crippen MR) is 106 cm³/mol. The molecule has 1 amide bonds. The van der Waals surface area contributed by atoms with Crippen molar-refractivity contribution in [2.24, 2.45) is 0 Å². The molecule has 28 heavy (non-hydrogen) atoms. The number of carbonyl (C=O) groups excluding carboxylic acids is 1. The molecule has 0 bridgehead atoms. The number of anilines is 2. The van der Waals surface area contributed by atoms with Crippen molar-refractivity contribution in [3.63, 3.8) is 0 Å². The number of nitrogens with zero attached hydrogens (tertiary/aromatic N) is 4. The zero-order valence-electron chi connectivity index (χ0n) is 16.2. The molecule has 1 aliphatic heterocycles. The highest BCUT2D eigenvalue weighted by molar-refractivity contribution is 5.72. The number of nitriles is 2. The first-order chi connectivity index (χ1) is 13.3. The van der Waals surface area contributed by atoms with Crippen molar-refractivity contribution < 1.29 is 9.53 Å². The molecule has 6 heteroatoms. The summed E-state index contributed by atoms with van der Waals surface area (Å²) in [6, 6.07) is 19.0. The minimum Gasteiger partial charge on any atom is -0.444 e. The van der Waals surface area contributed by atoms with E-state index in [1.165, 1.54) is 0 Å². The third-order valence-electron chi connectivity index (χ3n) is 4.43. The molecule has 0 atom stereocenters. The average molecular weight is 374 g/mol. The molecular weight excluding hydrogens is 352 g/mol. The van der Waals surface area contributed by atoms with Crippen molar-refractivity contribution in [3.05, 3.63) is 59.7 Å². The normalized spacial score (nSPS) is 13.8. The molecule has 3 rings (SSSR count). The molecule has 0 saturated carbocycles. The summed E-state index contributed by atoms with van der Waals surface area (Å²) in [6.07, 6.45) is -0.316. The highest BCUT2D eigenvalue weighted by Crippen LogP contribution is 2.32. The van der Waals surface area contributed by atoms with Crippen molar-refractivity contribution in [2.75, 3.05) is 18.0 Å². The Balaban J connectivity index is 1.82. The summed E-state index contributed by atoms with van der Waals surface area (Å²) in [4.78, 5) is 16.1. The fourth-order valence-electron chi connectivity index (χ4n) is 3.06. The highest BCUT2D eigenvalue weighted by atomic mass is 16.6. The van der Waals surface area contributed by atoms with E-state index in [1.54, 1.807) is 29.2 Å². The lowest BCUT2D eigenvalue weighted by Crippen LogP contribution is -2.60. The summed E-state index contributed by atoms with van der Waals surface area (Å²) >= 11 is 0. The summed E-state index contributed by atoms with van der Waals surface area (Å²) in [5, 5.41) is 18.1. The van der Waals surface area contributed by atoms with Crippen LogP contribution in [0.3, 0.4) is 0 Å². The Hall–Kier alpha value is -3.51. The van der Waals surface area contributed by atoms with E-state index in [9.17, 15) is 4.79 Å². The molecule has 0 aromatic heterocycles. The molecule has 0 unspecified atom stereocenters. The van der Waals surface area contributed by atoms with Crippen molar-refractivity contribution in [2.45, 2.75) is 32.4 Å². The van der Waals surface area contributed by atoms with Gasteiger partial charge < -0.3 is 14.5 Å². The Morgan fingerprint density at radius 3 is 1.75 bits per heavy atom. The number of rotatable bonds is 3. The highest BCUT2D eigenvalue weighted by Gasteiger charge is 2.38. The molecule has 2 aromatic rings. The number of likely N-dealkylation sites (tertiary alicyclic amines) is 1. The van der Waals surface area contributed by atoms with Gasteiger partial charge in [0.15, 0.2) is 0 Å². The van der Waals surface area contributed by atoms with Crippen LogP contribution in [-0.4, -0.2) is 35.7 Å². The molecule has 1 fully saturated rings. The quantitative estimate of drug-likeness (QED) is 0.805. The predicted octanol–water partition coefficient (Wildman–Crippen LogP) is 4.19. The second-order valence-corrected chi connectivity index (χ2v) is 7.73. The molecular formula is C22H22N4O2. The van der Waals surface area contributed by atoms with E-state index in [-0.39, 0.29) is 12.1 Å². The number of ether oxygens (including phenoxy) is 1. The van der Waals surface area contributed by atoms with E-state index < -0.39 is 5.60 Å². The fraction of sp³-hybridized carbons (Fsp3) is 0.318. The van der Waals surface area contributed by atoms with Crippen LogP contribution >= 0.6 is 0 Å². The first-order valence-corrected chi connectivity index (χ1v) is 9.08. The van der Waals surface area contributed by atoms with Crippen molar-refractivity contribution in [1.82, 2.24) is 4.90 Å². The molecule has 2 aromatic carbocycles. The largest absolute Gasteiger partial charge is 0.444 e. The molecule has 1 saturated heterocycles. The fourth-order valence-corrected chi connectivity index (χ4v) is 3.06. The van der Waals surface area contributed by atoms with E-state index in [2.05, 4.69) is 17.0 Å². The monoisotopic (exact) mass is 374 g/mol. The van der Waals surface area contributed by atoms with Gasteiger partial charge in [-0.2, -0.15) is 10.5 Å². The molecule has 1 aliphatic rings. The van der Waals surface area contributed by atoms with Crippen LogP contribution in [0.5, 0.6) is 0 Å². The molecule has 0 aliphatic carbocycles. The first kappa shape index (κ1) is 19.3. The van der Waals surface area contributed by atoms with E-state index in [1.807, 2.05) is 45.0 Å². The Morgan fingerprint density at radius 2 is 1.39 bits per heavy atom. The van der Waals surface area contributed by atoms with Crippen LogP contribution in [0, 0.1) is 22.7 Å². The van der Waals surface area contributed by atoms with Crippen molar-refractivity contribution in [3.8, 4) is 12.1 Å². The number of hydrogen-bond acceptors (Lipinski definition) is 5. The van der Waals surface area contributed by atoms with Gasteiger partial charge in [-0.25, -0.2) is 4.79 Å². The first-order valence-electron chi connectivity index (χ1n) is 9.08. The standard InChI is InChI=1S/C22H22N4O2/c1-22(2,3)28-21(27)25-14-20(15-25)26(18-8-4-16(12-23)5-9-18)19-10-6-17(13-24)7-11-19/h4-11,20H,14-15H2,1-3H3. The van der Waals surface area contributed by atoms with E-state index >= 15 is 0 Å². The number of hydrogen-bond donors (Lipinski definition) is 0. The molecule has 0 radical (unpaired) electrons. The maximum atomic E-state index is 12.3. The zero-order valence-corrected chi connectivity index (χ0v) is 16.2. The SMILES string of the molecule is CC(C)(C)OC(=O)N1CC(N(c2ccc(C#N)cc2)c2ccc(C#N)cc2)C1. The Kier molecular flexibility index (Phi) is 5.24. The number of benzene rings is 2. The maximum absolute atomic E-state index is 12.3. The summed E-state index contributed by atoms with van der Waals surface area (Å²) in [5.41, 5.74) is 2.51. The van der Waals surface area contributed by atoms with Crippen molar-refractivity contribution in [1.29, 1.82) is 10.5 Å². The van der Waals surface area contributed by atoms with Crippen LogP contribution in [0.4, 0.5) is 16.2 Å². The third-order valence-corrected chi connectivity index (χ3v) is 4.43. The van der Waals surface area contributed by atoms with Gasteiger partial charge >= 0.3 is 6.09 Å². The van der Waals surface area contributed by atoms with Crippen molar-refractivity contribution >= 4 is 17.5 Å². The topological polar surface area (TPSA) is 80.4 Å². The second-order valence-electron chi connectivity index (χ2n) is 7.73. The lowest BCUT2D eigenvalue weighted by Gasteiger charge is -2.46. The van der Waals surface area contributed by atoms with Gasteiger partial charge in [-0.1, -0.05) is 0 Å². The van der Waals surface area contributed by atoms with Crippen LogP contribution < -0.4 is 4.90 Å². The van der Waals surface area contributed by atoms with Gasteiger partial charge in [-0.15, -0.1) is 0 Å².